The van der Waals surface area contributed by atoms with Gasteiger partial charge < -0.3 is 10.1 Å². The number of nitrogens with one attached hydrogen (secondary N) is 1. The number of anilines is 1. The van der Waals surface area contributed by atoms with Gasteiger partial charge >= 0.3 is 6.36 Å². The maximum atomic E-state index is 11.7. The highest BCUT2D eigenvalue weighted by molar-refractivity contribution is 5.59. The largest absolute Gasteiger partial charge is 0.522 e. The lowest BCUT2D eigenvalue weighted by atomic mass is 10.2. The van der Waals surface area contributed by atoms with Crippen molar-refractivity contribution >= 4 is 5.69 Å². The Bertz CT molecular complexity index is 441. The van der Waals surface area contributed by atoms with Crippen LogP contribution in [0.1, 0.15) is 5.56 Å². The van der Waals surface area contributed by atoms with Gasteiger partial charge in [-0.3, -0.25) is 4.74 Å². The minimum Gasteiger partial charge on any atom is -0.495 e. The molecule has 0 heterocycles. The highest BCUT2D eigenvalue weighted by Gasteiger charge is 2.28. The van der Waals surface area contributed by atoms with E-state index in [1.807, 2.05) is 6.07 Å². The van der Waals surface area contributed by atoms with Crippen LogP contribution in [0, 0.1) is 11.3 Å². The highest BCUT2D eigenvalue weighted by Crippen LogP contribution is 2.25. The number of ether oxygens (including phenoxy) is 2. The zero-order chi connectivity index (χ0) is 13.6. The van der Waals surface area contributed by atoms with Crippen LogP contribution in [0.4, 0.5) is 18.9 Å². The van der Waals surface area contributed by atoms with Gasteiger partial charge in [-0.2, -0.15) is 5.26 Å². The minimum absolute atomic E-state index is 0.0260. The van der Waals surface area contributed by atoms with Gasteiger partial charge in [-0.05, 0) is 12.1 Å². The molecule has 0 aliphatic carbocycles. The quantitative estimate of drug-likeness (QED) is 0.826. The summed E-state index contributed by atoms with van der Waals surface area (Å²) < 4.78 is 43.8. The summed E-state index contributed by atoms with van der Waals surface area (Å²) in [7, 11) is 1.41. The fourth-order valence-electron chi connectivity index (χ4n) is 1.26. The lowest BCUT2D eigenvalue weighted by Crippen LogP contribution is -2.19. The molecule has 7 heteroatoms. The maximum Gasteiger partial charge on any atom is 0.522 e. The van der Waals surface area contributed by atoms with Crippen molar-refractivity contribution in [1.82, 2.24) is 0 Å². The van der Waals surface area contributed by atoms with Crippen LogP contribution in [0.15, 0.2) is 18.2 Å². The third-order valence-electron chi connectivity index (χ3n) is 2.01. The van der Waals surface area contributed by atoms with Gasteiger partial charge in [0.1, 0.15) is 5.75 Å². The van der Waals surface area contributed by atoms with E-state index in [1.54, 1.807) is 6.07 Å². The van der Waals surface area contributed by atoms with Crippen LogP contribution in [-0.2, 0) is 4.74 Å². The van der Waals surface area contributed by atoms with E-state index in [9.17, 15) is 13.2 Å². The zero-order valence-corrected chi connectivity index (χ0v) is 9.54. The topological polar surface area (TPSA) is 54.3 Å². The summed E-state index contributed by atoms with van der Waals surface area (Å²) in [6.45, 7) is -0.533. The number of benzene rings is 1. The van der Waals surface area contributed by atoms with Crippen LogP contribution in [0.3, 0.4) is 0 Å². The molecule has 1 aromatic rings. The standard InChI is InChI=1S/C11H11F3N2O2/c1-17-10-6-8(7-15)2-3-9(10)16-4-5-18-11(12,13)14/h2-3,6,16H,4-5H2,1H3. The molecule has 18 heavy (non-hydrogen) atoms. The predicted molar refractivity (Wildman–Crippen MR) is 58.2 cm³/mol. The molecule has 0 aromatic heterocycles. The van der Waals surface area contributed by atoms with Gasteiger partial charge in [0.2, 0.25) is 0 Å². The molecule has 1 N–H and O–H groups in total. The Labute approximate surface area is 102 Å². The number of nitriles is 1. The molecule has 4 nitrogen and oxygen atoms in total. The molecular weight excluding hydrogens is 249 g/mol. The summed E-state index contributed by atoms with van der Waals surface area (Å²) in [5.74, 6) is 0.390. The number of hydrogen-bond acceptors (Lipinski definition) is 4. The number of hydrogen-bond donors (Lipinski definition) is 1. The Morgan fingerprint density at radius 2 is 2.11 bits per heavy atom. The minimum atomic E-state index is -4.63. The molecule has 0 radical (unpaired) electrons. The molecule has 1 aromatic carbocycles. The van der Waals surface area contributed by atoms with E-state index >= 15 is 0 Å². The van der Waals surface area contributed by atoms with E-state index in [0.29, 0.717) is 17.0 Å². The van der Waals surface area contributed by atoms with Crippen LogP contribution in [-0.4, -0.2) is 26.6 Å². The summed E-state index contributed by atoms with van der Waals surface area (Å²) in [6, 6.07) is 6.53. The van der Waals surface area contributed by atoms with Gasteiger partial charge in [-0.25, -0.2) is 0 Å². The van der Waals surface area contributed by atoms with E-state index in [1.165, 1.54) is 19.2 Å². The number of alkyl halides is 3. The lowest BCUT2D eigenvalue weighted by Gasteiger charge is -2.12. The van der Waals surface area contributed by atoms with Crippen molar-refractivity contribution in [1.29, 1.82) is 5.26 Å². The average molecular weight is 260 g/mol. The Balaban J connectivity index is 2.55. The van der Waals surface area contributed by atoms with E-state index < -0.39 is 13.0 Å². The van der Waals surface area contributed by atoms with Gasteiger partial charge in [-0.1, -0.05) is 0 Å². The second-order valence-electron chi connectivity index (χ2n) is 3.25. The van der Waals surface area contributed by atoms with E-state index in [-0.39, 0.29) is 6.54 Å². The van der Waals surface area contributed by atoms with Gasteiger partial charge in [0.05, 0.1) is 31.0 Å². The summed E-state index contributed by atoms with van der Waals surface area (Å²) in [4.78, 5) is 0. The Morgan fingerprint density at radius 1 is 1.39 bits per heavy atom. The number of halogens is 3. The third kappa shape index (κ3) is 4.51. The second kappa shape index (κ2) is 6.12. The smallest absolute Gasteiger partial charge is 0.495 e. The van der Waals surface area contributed by atoms with Crippen molar-refractivity contribution in [3.63, 3.8) is 0 Å². The summed E-state index contributed by atoms with van der Waals surface area (Å²) >= 11 is 0. The number of methoxy groups -OCH3 is 1. The number of rotatable bonds is 5. The molecule has 0 aliphatic heterocycles. The van der Waals surface area contributed by atoms with Gasteiger partial charge in [0.25, 0.3) is 0 Å². The van der Waals surface area contributed by atoms with Crippen molar-refractivity contribution in [2.75, 3.05) is 25.6 Å². The van der Waals surface area contributed by atoms with Crippen LogP contribution in [0.25, 0.3) is 0 Å². The van der Waals surface area contributed by atoms with Gasteiger partial charge in [-0.15, -0.1) is 13.2 Å². The van der Waals surface area contributed by atoms with Crippen molar-refractivity contribution in [3.05, 3.63) is 23.8 Å². The van der Waals surface area contributed by atoms with E-state index in [4.69, 9.17) is 10.00 Å². The third-order valence-corrected chi connectivity index (χ3v) is 2.01. The zero-order valence-electron chi connectivity index (χ0n) is 9.54. The van der Waals surface area contributed by atoms with E-state index in [2.05, 4.69) is 10.1 Å². The van der Waals surface area contributed by atoms with Gasteiger partial charge in [0, 0.05) is 12.6 Å². The van der Waals surface area contributed by atoms with Crippen LogP contribution in [0.2, 0.25) is 0 Å². The predicted octanol–water partition coefficient (Wildman–Crippen LogP) is 2.52. The fourth-order valence-corrected chi connectivity index (χ4v) is 1.26. The molecule has 0 aliphatic rings. The molecule has 0 spiro atoms. The molecular formula is C11H11F3N2O2. The van der Waals surface area contributed by atoms with Crippen molar-refractivity contribution in [2.45, 2.75) is 6.36 Å². The number of nitrogens with zero attached hydrogens (tertiary/aromatic N) is 1. The summed E-state index contributed by atoms with van der Waals surface area (Å²) in [5.41, 5.74) is 0.909. The first-order valence-electron chi connectivity index (χ1n) is 4.99. The molecule has 98 valence electrons. The Hall–Kier alpha value is -1.94. The average Bonchev–Trinajstić information content (AvgIpc) is 2.33. The van der Waals surface area contributed by atoms with Crippen LogP contribution < -0.4 is 10.1 Å². The molecule has 0 unspecified atom stereocenters. The van der Waals surface area contributed by atoms with Crippen molar-refractivity contribution < 1.29 is 22.6 Å². The molecule has 0 fully saturated rings. The molecule has 0 saturated heterocycles. The first kappa shape index (κ1) is 14.1. The van der Waals surface area contributed by atoms with Gasteiger partial charge in [0.15, 0.2) is 0 Å². The van der Waals surface area contributed by atoms with Crippen LogP contribution >= 0.6 is 0 Å². The Morgan fingerprint density at radius 3 is 2.67 bits per heavy atom. The molecule has 0 amide bonds. The summed E-state index contributed by atoms with van der Waals surface area (Å²) in [6.07, 6.45) is -4.63. The fraction of sp³-hybridized carbons (Fsp3) is 0.364. The first-order chi connectivity index (χ1) is 8.46. The Kier molecular flexibility index (Phi) is 4.80. The lowest BCUT2D eigenvalue weighted by molar-refractivity contribution is -0.322. The normalized spacial score (nSPS) is 10.8. The second-order valence-corrected chi connectivity index (χ2v) is 3.25. The van der Waals surface area contributed by atoms with E-state index in [0.717, 1.165) is 0 Å². The molecule has 1 rings (SSSR count). The molecule has 0 saturated carbocycles. The van der Waals surface area contributed by atoms with Crippen LogP contribution in [0.5, 0.6) is 5.75 Å². The molecule has 0 atom stereocenters. The maximum absolute atomic E-state index is 11.7. The monoisotopic (exact) mass is 260 g/mol. The first-order valence-corrected chi connectivity index (χ1v) is 4.99. The molecule has 0 bridgehead atoms. The highest BCUT2D eigenvalue weighted by atomic mass is 19.4. The van der Waals surface area contributed by atoms with Crippen molar-refractivity contribution in [2.24, 2.45) is 0 Å². The van der Waals surface area contributed by atoms with Crippen molar-refractivity contribution in [3.8, 4) is 11.8 Å². The SMILES string of the molecule is COc1cc(C#N)ccc1NCCOC(F)(F)F. The summed E-state index contributed by atoms with van der Waals surface area (Å²) in [5, 5.41) is 11.4.